The Kier molecular flexibility index (Phi) is 4.75. The summed E-state index contributed by atoms with van der Waals surface area (Å²) >= 11 is 0. The van der Waals surface area contributed by atoms with E-state index in [1.165, 1.54) is 6.07 Å². The van der Waals surface area contributed by atoms with Crippen molar-refractivity contribution in [2.75, 3.05) is 6.61 Å². The lowest BCUT2D eigenvalue weighted by atomic mass is 10.2. The summed E-state index contributed by atoms with van der Waals surface area (Å²) in [5.74, 6) is 0.250. The number of hydrogen-bond donors (Lipinski definition) is 0. The molecule has 0 aliphatic carbocycles. The Bertz CT molecular complexity index is 528. The molecular weight excluding hydrogens is 258 g/mol. The number of nitro benzene ring substituents is 2. The van der Waals surface area contributed by atoms with E-state index >= 15 is 0 Å². The molecule has 0 fully saturated rings. The molecule has 1 rings (SSSR count). The first-order chi connectivity index (χ1) is 8.95. The van der Waals surface area contributed by atoms with Crippen LogP contribution < -0.4 is 4.84 Å². The number of rotatable bonds is 5. The quantitative estimate of drug-likeness (QED) is 0.350. The van der Waals surface area contributed by atoms with Crippen molar-refractivity contribution in [1.82, 2.24) is 0 Å². The highest BCUT2D eigenvalue weighted by Gasteiger charge is 2.24. The minimum Gasteiger partial charge on any atom is -0.479 e. The van der Waals surface area contributed by atoms with Crippen molar-refractivity contribution in [3.8, 4) is 5.75 Å². The van der Waals surface area contributed by atoms with E-state index in [-0.39, 0.29) is 11.6 Å². The molecule has 1 aromatic rings. The Hall–Kier alpha value is -2.71. The van der Waals surface area contributed by atoms with E-state index in [9.17, 15) is 20.2 Å². The van der Waals surface area contributed by atoms with Gasteiger partial charge in [-0.1, -0.05) is 0 Å². The van der Waals surface area contributed by atoms with Gasteiger partial charge in [0.25, 0.3) is 0 Å². The van der Waals surface area contributed by atoms with E-state index in [0.717, 1.165) is 12.1 Å². The van der Waals surface area contributed by atoms with Gasteiger partial charge in [0.15, 0.2) is 5.75 Å². The summed E-state index contributed by atoms with van der Waals surface area (Å²) in [7, 11) is 0. The Balaban J connectivity index is 2.99. The molecule has 9 heteroatoms. The molecule has 0 saturated heterocycles. The third-order valence-electron chi connectivity index (χ3n) is 1.97. The van der Waals surface area contributed by atoms with E-state index in [2.05, 4.69) is 5.16 Å². The number of nitrogens with zero attached hydrogens (tertiary/aromatic N) is 3. The lowest BCUT2D eigenvalue weighted by molar-refractivity contribution is -0.422. The van der Waals surface area contributed by atoms with Gasteiger partial charge in [0.2, 0.25) is 5.90 Å². The van der Waals surface area contributed by atoms with Gasteiger partial charge in [-0.3, -0.25) is 20.2 Å². The predicted molar refractivity (Wildman–Crippen MR) is 65.1 cm³/mol. The van der Waals surface area contributed by atoms with Crippen LogP contribution in [0.25, 0.3) is 0 Å². The summed E-state index contributed by atoms with van der Waals surface area (Å²) in [5, 5.41) is 24.9. The monoisotopic (exact) mass is 269 g/mol. The summed E-state index contributed by atoms with van der Waals surface area (Å²) in [6, 6.07) is 3.13. The second-order valence-corrected chi connectivity index (χ2v) is 3.30. The first kappa shape index (κ1) is 14.4. The zero-order chi connectivity index (χ0) is 14.4. The van der Waals surface area contributed by atoms with Gasteiger partial charge < -0.3 is 9.57 Å². The molecule has 0 heterocycles. The number of benzene rings is 1. The molecule has 0 bridgehead atoms. The average Bonchev–Trinajstić information content (AvgIpc) is 2.36. The van der Waals surface area contributed by atoms with Crippen LogP contribution in [0.1, 0.15) is 13.8 Å². The van der Waals surface area contributed by atoms with Crippen molar-refractivity contribution in [1.29, 1.82) is 0 Å². The fraction of sp³-hybridized carbons (Fsp3) is 0.300. The molecule has 0 aliphatic heterocycles. The van der Waals surface area contributed by atoms with Gasteiger partial charge in [0, 0.05) is 13.0 Å². The van der Waals surface area contributed by atoms with E-state index in [0.29, 0.717) is 6.61 Å². The molecule has 9 nitrogen and oxygen atoms in total. The van der Waals surface area contributed by atoms with Crippen LogP contribution in [-0.4, -0.2) is 22.4 Å². The van der Waals surface area contributed by atoms with Crippen LogP contribution in [0, 0.1) is 20.2 Å². The van der Waals surface area contributed by atoms with E-state index < -0.39 is 21.2 Å². The maximum absolute atomic E-state index is 10.7. The molecule has 0 aliphatic rings. The number of ether oxygens (including phenoxy) is 1. The molecule has 0 N–H and O–H groups in total. The summed E-state index contributed by atoms with van der Waals surface area (Å²) in [6.45, 7) is 3.71. The Morgan fingerprint density at radius 1 is 1.26 bits per heavy atom. The first-order valence-corrected chi connectivity index (χ1v) is 5.23. The first-order valence-electron chi connectivity index (χ1n) is 5.23. The van der Waals surface area contributed by atoms with Crippen LogP contribution in [0.4, 0.5) is 11.4 Å². The van der Waals surface area contributed by atoms with Gasteiger partial charge in [-0.25, -0.2) is 0 Å². The van der Waals surface area contributed by atoms with Crippen LogP contribution in [0.15, 0.2) is 23.4 Å². The Morgan fingerprint density at radius 3 is 2.42 bits per heavy atom. The van der Waals surface area contributed by atoms with Crippen molar-refractivity contribution in [2.24, 2.45) is 5.16 Å². The van der Waals surface area contributed by atoms with Gasteiger partial charge in [0.1, 0.15) is 0 Å². The normalized spacial score (nSPS) is 10.9. The highest BCUT2D eigenvalue weighted by molar-refractivity contribution is 5.72. The van der Waals surface area contributed by atoms with Crippen LogP contribution in [0.3, 0.4) is 0 Å². The summed E-state index contributed by atoms with van der Waals surface area (Å²) in [4.78, 5) is 24.5. The second-order valence-electron chi connectivity index (χ2n) is 3.30. The lowest BCUT2D eigenvalue weighted by Crippen LogP contribution is -2.01. The molecule has 0 radical (unpaired) electrons. The smallest absolute Gasteiger partial charge is 0.349 e. The van der Waals surface area contributed by atoms with Gasteiger partial charge in [0.05, 0.1) is 22.5 Å². The van der Waals surface area contributed by atoms with Crippen LogP contribution in [-0.2, 0) is 4.74 Å². The summed E-state index contributed by atoms with van der Waals surface area (Å²) < 4.78 is 4.99. The number of oxime groups is 1. The highest BCUT2D eigenvalue weighted by Crippen LogP contribution is 2.30. The molecule has 0 amide bonds. The number of hydrogen-bond acceptors (Lipinski definition) is 7. The largest absolute Gasteiger partial charge is 0.479 e. The van der Waals surface area contributed by atoms with Crippen molar-refractivity contribution in [3.63, 3.8) is 0 Å². The molecule has 0 spiro atoms. The fourth-order valence-electron chi connectivity index (χ4n) is 1.21. The molecule has 0 unspecified atom stereocenters. The molecule has 0 aromatic heterocycles. The standard InChI is InChI=1S/C10H11N3O6/c1-3-18-7(2)11-19-8-4-5-9(12(14)15)10(6-8)13(16)17/h4-6H,3H2,1-2H3/b11-7+. The predicted octanol–water partition coefficient (Wildman–Crippen LogP) is 2.25. The lowest BCUT2D eigenvalue weighted by Gasteiger charge is -2.02. The van der Waals surface area contributed by atoms with Crippen LogP contribution >= 0.6 is 0 Å². The van der Waals surface area contributed by atoms with Crippen molar-refractivity contribution < 1.29 is 19.4 Å². The molecule has 1 aromatic carbocycles. The van der Waals surface area contributed by atoms with Gasteiger partial charge in [-0.2, -0.15) is 0 Å². The van der Waals surface area contributed by atoms with Gasteiger partial charge in [-0.05, 0) is 18.1 Å². The average molecular weight is 269 g/mol. The third-order valence-corrected chi connectivity index (χ3v) is 1.97. The molecule has 0 saturated carbocycles. The van der Waals surface area contributed by atoms with E-state index in [4.69, 9.17) is 9.57 Å². The highest BCUT2D eigenvalue weighted by atomic mass is 16.7. The van der Waals surface area contributed by atoms with Crippen molar-refractivity contribution in [3.05, 3.63) is 38.4 Å². The Labute approximate surface area is 107 Å². The second kappa shape index (κ2) is 6.28. The maximum atomic E-state index is 10.7. The van der Waals surface area contributed by atoms with Gasteiger partial charge >= 0.3 is 11.4 Å². The Morgan fingerprint density at radius 2 is 1.89 bits per heavy atom. The van der Waals surface area contributed by atoms with E-state index in [1.54, 1.807) is 13.8 Å². The minimum absolute atomic E-state index is 0.0105. The minimum atomic E-state index is -0.857. The van der Waals surface area contributed by atoms with Gasteiger partial charge in [-0.15, -0.1) is 0 Å². The van der Waals surface area contributed by atoms with Crippen molar-refractivity contribution >= 4 is 17.3 Å². The van der Waals surface area contributed by atoms with E-state index in [1.807, 2.05) is 0 Å². The maximum Gasteiger partial charge on any atom is 0.349 e. The molecule has 102 valence electrons. The van der Waals surface area contributed by atoms with Crippen LogP contribution in [0.5, 0.6) is 5.75 Å². The molecular formula is C10H11N3O6. The van der Waals surface area contributed by atoms with Crippen LogP contribution in [0.2, 0.25) is 0 Å². The molecule has 0 atom stereocenters. The molecule has 19 heavy (non-hydrogen) atoms. The summed E-state index contributed by atoms with van der Waals surface area (Å²) in [5.41, 5.74) is -1.27. The zero-order valence-electron chi connectivity index (χ0n) is 10.2. The topological polar surface area (TPSA) is 117 Å². The van der Waals surface area contributed by atoms with Crippen molar-refractivity contribution in [2.45, 2.75) is 13.8 Å². The third kappa shape index (κ3) is 3.91. The SMILES string of the molecule is CCO/C(C)=N/Oc1ccc([N+](=O)[O-])c([N+](=O)[O-])c1. The number of nitro groups is 2. The zero-order valence-corrected chi connectivity index (χ0v) is 10.2. The fourth-order valence-corrected chi connectivity index (χ4v) is 1.21. The summed E-state index contributed by atoms with van der Waals surface area (Å²) in [6.07, 6.45) is 0.